The Hall–Kier alpha value is -1.66. The number of alkyl halides is 8. The van der Waals surface area contributed by atoms with Gasteiger partial charge in [0.25, 0.3) is 0 Å². The van der Waals surface area contributed by atoms with E-state index in [2.05, 4.69) is 0 Å². The predicted octanol–water partition coefficient (Wildman–Crippen LogP) is 4.08. The average Bonchev–Trinajstić information content (AvgIpc) is 2.79. The summed E-state index contributed by atoms with van der Waals surface area (Å²) in [5.74, 6) is -44.3. The van der Waals surface area contributed by atoms with Gasteiger partial charge in [0.15, 0.2) is 6.29 Å². The number of carbonyl (C=O) groups excluding carboxylic acids is 1. The Balaban J connectivity index is 7.51. The van der Waals surface area contributed by atoms with Gasteiger partial charge in [0.1, 0.15) is 0 Å². The van der Waals surface area contributed by atoms with Gasteiger partial charge in [-0.1, -0.05) is 0 Å². The minimum Gasteiger partial charge on any atom is -0.297 e. The van der Waals surface area contributed by atoms with Crippen molar-refractivity contribution in [2.24, 2.45) is 0 Å². The fraction of sp³-hybridized carbons (Fsp3) is 0.875. The van der Waals surface area contributed by atoms with Crippen LogP contribution >= 0.6 is 0 Å². The molecule has 0 aliphatic rings. The first-order valence-electron chi connectivity index (χ1n) is 6.05. The van der Waals surface area contributed by atoms with E-state index in [1.165, 1.54) is 29.6 Å². The minimum absolute atomic E-state index is 1.17. The molecule has 23 heteroatoms. The first kappa shape index (κ1) is 29.3. The topological polar surface area (TPSA) is 81.7 Å². The number of aldehydes is 1. The summed E-state index contributed by atoms with van der Waals surface area (Å²) < 4.78 is 197. The van der Waals surface area contributed by atoms with Crippen LogP contribution in [0.15, 0.2) is 0 Å². The molecule has 0 aliphatic carbocycles. The number of hydrogen-bond donors (Lipinski definition) is 0. The van der Waals surface area contributed by atoms with Crippen LogP contribution in [0.25, 0.3) is 0 Å². The maximum Gasteiger partial charge on any atom is 0.454 e. The second kappa shape index (κ2) is 9.07. The van der Waals surface area contributed by atoms with Gasteiger partial charge in [-0.05, 0) is 31.7 Å². The van der Waals surface area contributed by atoms with E-state index in [1.807, 2.05) is 0 Å². The molecule has 186 valence electrons. The summed E-state index contributed by atoms with van der Waals surface area (Å²) >= 11 is 0. The Morgan fingerprint density at radius 1 is 0.419 bits per heavy atom. The third-order valence-electron chi connectivity index (χ3n) is 3.36. The van der Waals surface area contributed by atoms with E-state index in [0.29, 0.717) is 0 Å². The van der Waals surface area contributed by atoms with Crippen molar-refractivity contribution in [1.82, 2.24) is 0 Å². The van der Waals surface area contributed by atoms with E-state index in [-0.39, 0.29) is 0 Å². The molecular weight excluding hydrogens is 509 g/mol. The van der Waals surface area contributed by atoms with Crippen LogP contribution in [0.5, 0.6) is 0 Å². The first-order valence-corrected chi connectivity index (χ1v) is 6.05. The van der Waals surface area contributed by atoms with Gasteiger partial charge in [0.2, 0.25) is 0 Å². The molecule has 0 saturated heterocycles. The summed E-state index contributed by atoms with van der Waals surface area (Å²) in [5, 5.41) is 0. The fourth-order valence-electron chi connectivity index (χ4n) is 1.71. The van der Waals surface area contributed by atoms with E-state index < -0.39 is 47.5 Å². The Bertz CT molecular complexity index is 634. The number of hydrogen-bond acceptors (Lipinski definition) is 8. The Morgan fingerprint density at radius 3 is 0.935 bits per heavy atom. The van der Waals surface area contributed by atoms with Crippen molar-refractivity contribution in [3.05, 3.63) is 0 Å². The van der Waals surface area contributed by atoms with Gasteiger partial charge in [-0.25, -0.2) is 0 Å². The smallest absolute Gasteiger partial charge is 0.297 e. The lowest BCUT2D eigenvalue weighted by atomic mass is 9.86. The van der Waals surface area contributed by atoms with Crippen LogP contribution in [-0.2, 0) is 39.4 Å². The largest absolute Gasteiger partial charge is 0.454 e. The maximum atomic E-state index is 14.4. The Morgan fingerprint density at radius 2 is 0.710 bits per heavy atom. The fourth-order valence-corrected chi connectivity index (χ4v) is 1.71. The molecule has 0 aliphatic heterocycles. The summed E-state index contributed by atoms with van der Waals surface area (Å²) in [4.78, 5) is 19.5. The normalized spacial score (nSPS) is 24.6. The molecule has 0 aromatic rings. The molecule has 0 aromatic carbocycles. The van der Waals surface area contributed by atoms with Gasteiger partial charge in [-0.15, -0.1) is 34.6 Å². The molecule has 8 nitrogen and oxygen atoms in total. The number of carbonyl (C=O) groups is 1. The molecule has 0 bridgehead atoms. The highest BCUT2D eigenvalue weighted by molar-refractivity contribution is 5.62. The summed E-state index contributed by atoms with van der Waals surface area (Å²) in [6, 6.07) is 0. The zero-order chi connectivity index (χ0) is 25.2. The summed E-state index contributed by atoms with van der Waals surface area (Å²) in [6.45, 7) is 0. The molecule has 0 heterocycles. The molecule has 0 amide bonds. The molecule has 0 N–H and O–H groups in total. The van der Waals surface area contributed by atoms with Crippen LogP contribution in [0.3, 0.4) is 0 Å². The lowest BCUT2D eigenvalue weighted by Crippen LogP contribution is -2.81. The zero-order valence-corrected chi connectivity index (χ0v) is 13.0. The molecular formula is C8HF15O8. The van der Waals surface area contributed by atoms with E-state index in [0.717, 1.165) is 0 Å². The number of halogens is 15. The van der Waals surface area contributed by atoms with Crippen molar-refractivity contribution in [2.45, 2.75) is 41.2 Å². The molecule has 0 aromatic heterocycles. The van der Waals surface area contributed by atoms with Crippen molar-refractivity contribution in [1.29, 1.82) is 0 Å². The second-order valence-corrected chi connectivity index (χ2v) is 4.80. The Labute approximate surface area is 155 Å². The zero-order valence-electron chi connectivity index (χ0n) is 13.0. The van der Waals surface area contributed by atoms with Gasteiger partial charge in [-0.3, -0.25) is 4.79 Å². The molecule has 6 atom stereocenters. The minimum atomic E-state index is -7.81. The molecule has 0 saturated carbocycles. The summed E-state index contributed by atoms with van der Waals surface area (Å²) in [7, 11) is 0. The molecule has 0 rings (SSSR count). The predicted molar refractivity (Wildman–Crippen MR) is 49.4 cm³/mol. The third kappa shape index (κ3) is 3.37. The van der Waals surface area contributed by atoms with Crippen molar-refractivity contribution in [3.8, 4) is 0 Å². The van der Waals surface area contributed by atoms with E-state index >= 15 is 0 Å². The number of rotatable bonds is 14. The van der Waals surface area contributed by atoms with Crippen LogP contribution in [-0.4, -0.2) is 47.5 Å². The van der Waals surface area contributed by atoms with E-state index in [9.17, 15) is 71.6 Å². The van der Waals surface area contributed by atoms with Gasteiger partial charge < -0.3 is 0 Å². The van der Waals surface area contributed by atoms with Crippen LogP contribution in [0.4, 0.5) is 66.8 Å². The molecule has 31 heavy (non-hydrogen) atoms. The third-order valence-corrected chi connectivity index (χ3v) is 3.36. The van der Waals surface area contributed by atoms with Gasteiger partial charge in [-0.2, -0.15) is 35.1 Å². The van der Waals surface area contributed by atoms with Crippen LogP contribution < -0.4 is 0 Å². The SMILES string of the molecule is O=CC(F)(OF)C(F)(OF)C(F)(OF)C(F)(OF)C(F)(OF)C(F)(OF)C(F)(F)OF. The highest BCUT2D eigenvalue weighted by Crippen LogP contribution is 2.61. The van der Waals surface area contributed by atoms with Crippen molar-refractivity contribution in [2.75, 3.05) is 0 Å². The standard InChI is InChI=1S/C8HF15O8/c9-2(1-24,25-17)3(10,26-18)4(11,27-19)5(12,28-20)6(13,29-21)7(14,30-22)8(15,16)31-23/h1H. The van der Waals surface area contributed by atoms with E-state index in [1.54, 1.807) is 4.94 Å². The maximum absolute atomic E-state index is 14.4. The summed E-state index contributed by atoms with van der Waals surface area (Å²) in [6.07, 6.45) is -9.46. The second-order valence-electron chi connectivity index (χ2n) is 4.80. The highest BCUT2D eigenvalue weighted by atomic mass is 19.4. The van der Waals surface area contributed by atoms with Crippen LogP contribution in [0.1, 0.15) is 0 Å². The van der Waals surface area contributed by atoms with Gasteiger partial charge in [0, 0.05) is 0 Å². The summed E-state index contributed by atoms with van der Waals surface area (Å²) in [5.41, 5.74) is 0. The monoisotopic (exact) mass is 510 g/mol. The molecule has 0 fully saturated rings. The van der Waals surface area contributed by atoms with Crippen molar-refractivity contribution in [3.63, 3.8) is 0 Å². The molecule has 6 unspecified atom stereocenters. The highest BCUT2D eigenvalue weighted by Gasteiger charge is 2.96. The molecule has 0 radical (unpaired) electrons. The van der Waals surface area contributed by atoms with Crippen molar-refractivity contribution >= 4 is 6.29 Å². The lowest BCUT2D eigenvalue weighted by molar-refractivity contribution is -0.621. The first-order chi connectivity index (χ1) is 14.0. The quantitative estimate of drug-likeness (QED) is 0.256. The lowest BCUT2D eigenvalue weighted by Gasteiger charge is -2.46. The molecule has 0 spiro atoms. The van der Waals surface area contributed by atoms with Crippen LogP contribution in [0, 0.1) is 0 Å². The Kier molecular flexibility index (Phi) is 8.58. The van der Waals surface area contributed by atoms with Crippen LogP contribution in [0.2, 0.25) is 0 Å². The van der Waals surface area contributed by atoms with E-state index in [4.69, 9.17) is 0 Å². The van der Waals surface area contributed by atoms with Gasteiger partial charge in [0.05, 0.1) is 0 Å². The average molecular weight is 510 g/mol. The van der Waals surface area contributed by atoms with Crippen molar-refractivity contribution < 1.29 is 106 Å². The van der Waals surface area contributed by atoms with Gasteiger partial charge >= 0.3 is 41.2 Å².